The van der Waals surface area contributed by atoms with Crippen molar-refractivity contribution < 1.29 is 0 Å². The van der Waals surface area contributed by atoms with E-state index in [9.17, 15) is 0 Å². The molecule has 0 bridgehead atoms. The average molecular weight is 216 g/mol. The van der Waals surface area contributed by atoms with Crippen LogP contribution in [0.3, 0.4) is 0 Å². The lowest BCUT2D eigenvalue weighted by Gasteiger charge is -2.05. The number of aromatic amines is 1. The number of aryl methyl sites for hydroxylation is 2. The number of hydrogen-bond donors (Lipinski definition) is 2. The maximum Gasteiger partial charge on any atom is 0.0570 e. The Balaban J connectivity index is 1.89. The molecule has 0 aliphatic heterocycles. The molecule has 84 valence electrons. The monoisotopic (exact) mass is 216 g/mol. The fourth-order valence-electron chi connectivity index (χ4n) is 1.57. The number of rotatable bonds is 4. The van der Waals surface area contributed by atoms with Crippen LogP contribution >= 0.6 is 0 Å². The molecule has 16 heavy (non-hydrogen) atoms. The van der Waals surface area contributed by atoms with Crippen LogP contribution in [0.25, 0.3) is 0 Å². The van der Waals surface area contributed by atoms with Crippen LogP contribution in [0.1, 0.15) is 22.5 Å². The average Bonchev–Trinajstić information content (AvgIpc) is 2.67. The summed E-state index contributed by atoms with van der Waals surface area (Å²) >= 11 is 0. The van der Waals surface area contributed by atoms with E-state index < -0.39 is 0 Å². The lowest BCUT2D eigenvalue weighted by Crippen LogP contribution is -2.14. The highest BCUT2D eigenvalue weighted by atomic mass is 15.1. The predicted octanol–water partition coefficient (Wildman–Crippen LogP) is 1.71. The number of hydrogen-bond acceptors (Lipinski definition) is 3. The second-order valence-corrected chi connectivity index (χ2v) is 3.89. The number of nitrogens with zero attached hydrogens (tertiary/aromatic N) is 2. The lowest BCUT2D eigenvalue weighted by atomic mass is 10.2. The van der Waals surface area contributed by atoms with Gasteiger partial charge in [-0.1, -0.05) is 6.07 Å². The van der Waals surface area contributed by atoms with Crippen LogP contribution in [0, 0.1) is 13.8 Å². The molecule has 0 saturated carbocycles. The van der Waals surface area contributed by atoms with Gasteiger partial charge in [0.2, 0.25) is 0 Å². The molecular formula is C12H16N4. The summed E-state index contributed by atoms with van der Waals surface area (Å²) in [4.78, 5) is 4.33. The molecule has 0 aromatic carbocycles. The zero-order chi connectivity index (χ0) is 11.4. The highest BCUT2D eigenvalue weighted by Crippen LogP contribution is 2.04. The van der Waals surface area contributed by atoms with Gasteiger partial charge in [-0.3, -0.25) is 10.1 Å². The van der Waals surface area contributed by atoms with E-state index >= 15 is 0 Å². The van der Waals surface area contributed by atoms with Crippen LogP contribution in [0.4, 0.5) is 0 Å². The second-order valence-electron chi connectivity index (χ2n) is 3.89. The Morgan fingerprint density at radius 2 is 2.19 bits per heavy atom. The van der Waals surface area contributed by atoms with Gasteiger partial charge in [0.25, 0.3) is 0 Å². The second kappa shape index (κ2) is 4.90. The molecule has 0 unspecified atom stereocenters. The van der Waals surface area contributed by atoms with Crippen LogP contribution in [0.2, 0.25) is 0 Å². The molecule has 0 amide bonds. The van der Waals surface area contributed by atoms with Gasteiger partial charge in [-0.15, -0.1) is 0 Å². The molecule has 0 radical (unpaired) electrons. The zero-order valence-corrected chi connectivity index (χ0v) is 9.62. The Bertz CT molecular complexity index is 462. The van der Waals surface area contributed by atoms with Gasteiger partial charge in [0.05, 0.1) is 11.9 Å². The van der Waals surface area contributed by atoms with E-state index in [0.29, 0.717) is 0 Å². The molecule has 4 heteroatoms. The molecule has 0 aliphatic carbocycles. The van der Waals surface area contributed by atoms with E-state index in [-0.39, 0.29) is 0 Å². The maximum atomic E-state index is 4.33. The van der Waals surface area contributed by atoms with Crippen LogP contribution < -0.4 is 5.32 Å². The van der Waals surface area contributed by atoms with Crippen molar-refractivity contribution in [2.45, 2.75) is 26.9 Å². The van der Waals surface area contributed by atoms with Crippen molar-refractivity contribution in [3.63, 3.8) is 0 Å². The van der Waals surface area contributed by atoms with E-state index in [4.69, 9.17) is 0 Å². The van der Waals surface area contributed by atoms with Gasteiger partial charge >= 0.3 is 0 Å². The summed E-state index contributed by atoms with van der Waals surface area (Å²) in [5.41, 5.74) is 4.64. The first-order valence-electron chi connectivity index (χ1n) is 5.37. The number of nitrogens with one attached hydrogen (secondary N) is 2. The SMILES string of the molecule is Cc1cccnc1CNCc1cn[nH]c1C. The van der Waals surface area contributed by atoms with Crippen LogP contribution in [-0.2, 0) is 13.1 Å². The van der Waals surface area contributed by atoms with E-state index in [0.717, 1.165) is 24.5 Å². The van der Waals surface area contributed by atoms with E-state index in [2.05, 4.69) is 33.5 Å². The van der Waals surface area contributed by atoms with E-state index in [1.807, 2.05) is 25.4 Å². The summed E-state index contributed by atoms with van der Waals surface area (Å²) < 4.78 is 0. The highest BCUT2D eigenvalue weighted by Gasteiger charge is 2.01. The first-order valence-corrected chi connectivity index (χ1v) is 5.37. The quantitative estimate of drug-likeness (QED) is 0.818. The molecule has 2 N–H and O–H groups in total. The van der Waals surface area contributed by atoms with Gasteiger partial charge in [0.15, 0.2) is 0 Å². The van der Waals surface area contributed by atoms with Gasteiger partial charge in [-0.05, 0) is 25.5 Å². The Morgan fingerprint density at radius 1 is 1.31 bits per heavy atom. The molecule has 0 aliphatic rings. The summed E-state index contributed by atoms with van der Waals surface area (Å²) in [7, 11) is 0. The minimum absolute atomic E-state index is 0.789. The standard InChI is InChI=1S/C12H16N4/c1-9-4-3-5-14-12(9)8-13-6-11-7-15-16-10(11)2/h3-5,7,13H,6,8H2,1-2H3,(H,15,16). The number of H-pyrrole nitrogens is 1. The van der Waals surface area contributed by atoms with Crippen molar-refractivity contribution in [3.8, 4) is 0 Å². The van der Waals surface area contributed by atoms with Crippen molar-refractivity contribution in [2.24, 2.45) is 0 Å². The molecule has 4 nitrogen and oxygen atoms in total. The fourth-order valence-corrected chi connectivity index (χ4v) is 1.57. The Hall–Kier alpha value is -1.68. The third-order valence-electron chi connectivity index (χ3n) is 2.66. The maximum absolute atomic E-state index is 4.33. The van der Waals surface area contributed by atoms with Gasteiger partial charge in [0.1, 0.15) is 0 Å². The molecule has 0 saturated heterocycles. The zero-order valence-electron chi connectivity index (χ0n) is 9.62. The summed E-state index contributed by atoms with van der Waals surface area (Å²) in [6, 6.07) is 4.03. The van der Waals surface area contributed by atoms with Crippen LogP contribution in [-0.4, -0.2) is 15.2 Å². The molecular weight excluding hydrogens is 200 g/mol. The predicted molar refractivity (Wildman–Crippen MR) is 62.8 cm³/mol. The Kier molecular flexibility index (Phi) is 3.31. The van der Waals surface area contributed by atoms with Gasteiger partial charge in [-0.25, -0.2) is 0 Å². The number of aromatic nitrogens is 3. The topological polar surface area (TPSA) is 53.6 Å². The summed E-state index contributed by atoms with van der Waals surface area (Å²) in [5, 5.41) is 10.3. The highest BCUT2D eigenvalue weighted by molar-refractivity contribution is 5.18. The summed E-state index contributed by atoms with van der Waals surface area (Å²) in [5.74, 6) is 0. The lowest BCUT2D eigenvalue weighted by molar-refractivity contribution is 0.674. The first kappa shape index (κ1) is 10.8. The van der Waals surface area contributed by atoms with Crippen molar-refractivity contribution in [2.75, 3.05) is 0 Å². The van der Waals surface area contributed by atoms with Crippen LogP contribution in [0.15, 0.2) is 24.5 Å². The molecule has 2 heterocycles. The molecule has 0 fully saturated rings. The van der Waals surface area contributed by atoms with Gasteiger partial charge < -0.3 is 5.32 Å². The fraction of sp³-hybridized carbons (Fsp3) is 0.333. The Labute approximate surface area is 95.1 Å². The molecule has 0 atom stereocenters. The molecule has 0 spiro atoms. The van der Waals surface area contributed by atoms with E-state index in [1.54, 1.807) is 0 Å². The molecule has 2 aromatic heterocycles. The van der Waals surface area contributed by atoms with Gasteiger partial charge in [0, 0.05) is 30.5 Å². The van der Waals surface area contributed by atoms with Crippen LogP contribution in [0.5, 0.6) is 0 Å². The third kappa shape index (κ3) is 2.46. The normalized spacial score (nSPS) is 10.6. The minimum Gasteiger partial charge on any atom is -0.307 e. The molecule has 2 aromatic rings. The number of pyridine rings is 1. The first-order chi connectivity index (χ1) is 7.77. The summed E-state index contributed by atoms with van der Waals surface area (Å²) in [6.07, 6.45) is 3.68. The summed E-state index contributed by atoms with van der Waals surface area (Å²) in [6.45, 7) is 5.71. The van der Waals surface area contributed by atoms with Crippen molar-refractivity contribution >= 4 is 0 Å². The minimum atomic E-state index is 0.789. The van der Waals surface area contributed by atoms with E-state index in [1.165, 1.54) is 11.1 Å². The smallest absolute Gasteiger partial charge is 0.0570 e. The van der Waals surface area contributed by atoms with Crippen molar-refractivity contribution in [3.05, 3.63) is 47.0 Å². The largest absolute Gasteiger partial charge is 0.307 e. The van der Waals surface area contributed by atoms with Crippen molar-refractivity contribution in [1.82, 2.24) is 20.5 Å². The van der Waals surface area contributed by atoms with Crippen molar-refractivity contribution in [1.29, 1.82) is 0 Å². The Morgan fingerprint density at radius 3 is 2.88 bits per heavy atom. The third-order valence-corrected chi connectivity index (χ3v) is 2.66. The van der Waals surface area contributed by atoms with Gasteiger partial charge in [-0.2, -0.15) is 5.10 Å². The molecule has 2 rings (SSSR count).